The zero-order valence-corrected chi connectivity index (χ0v) is 14.0. The van der Waals surface area contributed by atoms with Gasteiger partial charge in [-0.15, -0.1) is 0 Å². The quantitative estimate of drug-likeness (QED) is 0.402. The standard InChI is InChI=1S/C19H14N6O2/c26-25(27)15-10-8-14(9-11-15)22-19-23-17-16(7-4-12-20-17)18(24-19)21-13-5-2-1-3-6-13/h1-12H,(H2,20,21,22,23,24). The Kier molecular flexibility index (Phi) is 4.28. The van der Waals surface area contributed by atoms with Gasteiger partial charge in [0.15, 0.2) is 5.65 Å². The van der Waals surface area contributed by atoms with Gasteiger partial charge in [0.05, 0.1) is 10.3 Å². The molecule has 2 aromatic heterocycles. The van der Waals surface area contributed by atoms with Crippen LogP contribution in [0.4, 0.5) is 28.8 Å². The SMILES string of the molecule is O=[N+]([O-])c1ccc(Nc2nc(Nc3ccccc3)c3cccnc3n2)cc1. The van der Waals surface area contributed by atoms with E-state index in [2.05, 4.69) is 25.6 Å². The lowest BCUT2D eigenvalue weighted by Crippen LogP contribution is -2.03. The molecule has 0 radical (unpaired) electrons. The van der Waals surface area contributed by atoms with Crippen molar-refractivity contribution in [1.29, 1.82) is 0 Å². The van der Waals surface area contributed by atoms with Crippen LogP contribution in [-0.4, -0.2) is 19.9 Å². The van der Waals surface area contributed by atoms with Crippen LogP contribution in [0.15, 0.2) is 72.9 Å². The van der Waals surface area contributed by atoms with Gasteiger partial charge < -0.3 is 10.6 Å². The maximum absolute atomic E-state index is 10.8. The predicted octanol–water partition coefficient (Wildman–Crippen LogP) is 4.42. The maximum Gasteiger partial charge on any atom is 0.269 e. The Hall–Kier alpha value is -4.07. The third-order valence-electron chi connectivity index (χ3n) is 3.84. The summed E-state index contributed by atoms with van der Waals surface area (Å²) in [6.45, 7) is 0. The van der Waals surface area contributed by atoms with Crippen molar-refractivity contribution >= 4 is 39.9 Å². The summed E-state index contributed by atoms with van der Waals surface area (Å²) in [7, 11) is 0. The van der Waals surface area contributed by atoms with Gasteiger partial charge in [-0.3, -0.25) is 10.1 Å². The number of fused-ring (bicyclic) bond motifs is 1. The van der Waals surface area contributed by atoms with E-state index >= 15 is 0 Å². The molecule has 0 atom stereocenters. The number of non-ortho nitro benzene ring substituents is 1. The highest BCUT2D eigenvalue weighted by atomic mass is 16.6. The largest absolute Gasteiger partial charge is 0.340 e. The molecule has 0 bridgehead atoms. The molecule has 27 heavy (non-hydrogen) atoms. The second-order valence-electron chi connectivity index (χ2n) is 5.69. The molecule has 0 spiro atoms. The molecule has 8 nitrogen and oxygen atoms in total. The van der Waals surface area contributed by atoms with E-state index in [0.29, 0.717) is 23.1 Å². The molecule has 2 heterocycles. The van der Waals surface area contributed by atoms with Crippen LogP contribution >= 0.6 is 0 Å². The zero-order chi connectivity index (χ0) is 18.6. The predicted molar refractivity (Wildman–Crippen MR) is 103 cm³/mol. The van der Waals surface area contributed by atoms with E-state index in [0.717, 1.165) is 11.1 Å². The average Bonchev–Trinajstić information content (AvgIpc) is 2.69. The molecule has 2 aromatic carbocycles. The van der Waals surface area contributed by atoms with Crippen molar-refractivity contribution in [2.24, 2.45) is 0 Å². The second-order valence-corrected chi connectivity index (χ2v) is 5.69. The van der Waals surface area contributed by atoms with Gasteiger partial charge in [0, 0.05) is 29.7 Å². The fourth-order valence-corrected chi connectivity index (χ4v) is 2.57. The lowest BCUT2D eigenvalue weighted by Gasteiger charge is -2.11. The van der Waals surface area contributed by atoms with Gasteiger partial charge in [-0.05, 0) is 36.4 Å². The molecule has 2 N–H and O–H groups in total. The summed E-state index contributed by atoms with van der Waals surface area (Å²) in [6, 6.07) is 19.4. The summed E-state index contributed by atoms with van der Waals surface area (Å²) in [6.07, 6.45) is 1.66. The highest BCUT2D eigenvalue weighted by molar-refractivity contribution is 5.89. The molecule has 0 fully saturated rings. The number of anilines is 4. The van der Waals surface area contributed by atoms with E-state index in [4.69, 9.17) is 0 Å². The number of nitrogens with one attached hydrogen (secondary N) is 2. The number of pyridine rings is 1. The van der Waals surface area contributed by atoms with Crippen molar-refractivity contribution in [2.45, 2.75) is 0 Å². The first-order valence-corrected chi connectivity index (χ1v) is 8.15. The Bertz CT molecular complexity index is 1100. The molecule has 0 unspecified atom stereocenters. The summed E-state index contributed by atoms with van der Waals surface area (Å²) in [5.74, 6) is 0.956. The fourth-order valence-electron chi connectivity index (χ4n) is 2.57. The first kappa shape index (κ1) is 16.4. The van der Waals surface area contributed by atoms with Crippen LogP contribution in [0.25, 0.3) is 11.0 Å². The van der Waals surface area contributed by atoms with Crippen LogP contribution in [0, 0.1) is 10.1 Å². The van der Waals surface area contributed by atoms with Crippen LogP contribution in [0.3, 0.4) is 0 Å². The number of nitro benzene ring substituents is 1. The van der Waals surface area contributed by atoms with Gasteiger partial charge in [0.25, 0.3) is 5.69 Å². The molecule has 132 valence electrons. The van der Waals surface area contributed by atoms with E-state index in [1.165, 1.54) is 12.1 Å². The molecule has 0 saturated carbocycles. The van der Waals surface area contributed by atoms with Crippen LogP contribution in [-0.2, 0) is 0 Å². The molecule has 0 aliphatic heterocycles. The summed E-state index contributed by atoms with van der Waals surface area (Å²) >= 11 is 0. The third-order valence-corrected chi connectivity index (χ3v) is 3.84. The molecular weight excluding hydrogens is 344 g/mol. The number of hydrogen-bond acceptors (Lipinski definition) is 7. The fraction of sp³-hybridized carbons (Fsp3) is 0. The first-order valence-electron chi connectivity index (χ1n) is 8.15. The van der Waals surface area contributed by atoms with Crippen LogP contribution in [0.2, 0.25) is 0 Å². The normalized spacial score (nSPS) is 10.5. The van der Waals surface area contributed by atoms with Crippen molar-refractivity contribution in [1.82, 2.24) is 15.0 Å². The van der Waals surface area contributed by atoms with Crippen LogP contribution in [0.5, 0.6) is 0 Å². The maximum atomic E-state index is 10.8. The number of nitrogens with zero attached hydrogens (tertiary/aromatic N) is 4. The van der Waals surface area contributed by atoms with E-state index in [1.807, 2.05) is 42.5 Å². The summed E-state index contributed by atoms with van der Waals surface area (Å²) in [4.78, 5) is 23.6. The van der Waals surface area contributed by atoms with Gasteiger partial charge in [0.1, 0.15) is 5.82 Å². The average molecular weight is 358 g/mol. The topological polar surface area (TPSA) is 106 Å². The number of rotatable bonds is 5. The molecule has 8 heteroatoms. The van der Waals surface area contributed by atoms with E-state index in [-0.39, 0.29) is 5.69 Å². The highest BCUT2D eigenvalue weighted by Crippen LogP contribution is 2.25. The molecule has 0 amide bonds. The Morgan fingerprint density at radius 2 is 1.56 bits per heavy atom. The lowest BCUT2D eigenvalue weighted by atomic mass is 10.2. The van der Waals surface area contributed by atoms with Gasteiger partial charge >= 0.3 is 0 Å². The number of para-hydroxylation sites is 1. The smallest absolute Gasteiger partial charge is 0.269 e. The van der Waals surface area contributed by atoms with Gasteiger partial charge in [-0.25, -0.2) is 4.98 Å². The monoisotopic (exact) mass is 358 g/mol. The van der Waals surface area contributed by atoms with Crippen molar-refractivity contribution < 1.29 is 4.92 Å². The molecule has 0 saturated heterocycles. The number of nitro groups is 1. The molecular formula is C19H14N6O2. The van der Waals surface area contributed by atoms with Gasteiger partial charge in [-0.2, -0.15) is 9.97 Å². The van der Waals surface area contributed by atoms with Crippen molar-refractivity contribution in [3.05, 3.63) is 83.0 Å². The third kappa shape index (κ3) is 3.64. The minimum Gasteiger partial charge on any atom is -0.340 e. The minimum atomic E-state index is -0.442. The van der Waals surface area contributed by atoms with Crippen LogP contribution in [0.1, 0.15) is 0 Å². The Morgan fingerprint density at radius 1 is 0.815 bits per heavy atom. The Balaban J connectivity index is 1.69. The number of benzene rings is 2. The van der Waals surface area contributed by atoms with Gasteiger partial charge in [-0.1, -0.05) is 18.2 Å². The van der Waals surface area contributed by atoms with Crippen molar-refractivity contribution in [2.75, 3.05) is 10.6 Å². The molecule has 4 rings (SSSR count). The summed E-state index contributed by atoms with van der Waals surface area (Å²) < 4.78 is 0. The van der Waals surface area contributed by atoms with E-state index in [1.54, 1.807) is 18.3 Å². The molecule has 0 aliphatic rings. The number of hydrogen-bond donors (Lipinski definition) is 2. The highest BCUT2D eigenvalue weighted by Gasteiger charge is 2.10. The lowest BCUT2D eigenvalue weighted by molar-refractivity contribution is -0.384. The van der Waals surface area contributed by atoms with Gasteiger partial charge in [0.2, 0.25) is 5.95 Å². The number of aromatic nitrogens is 3. The summed E-state index contributed by atoms with van der Waals surface area (Å²) in [5.41, 5.74) is 2.09. The summed E-state index contributed by atoms with van der Waals surface area (Å²) in [5, 5.41) is 17.9. The van der Waals surface area contributed by atoms with Crippen LogP contribution < -0.4 is 10.6 Å². The zero-order valence-electron chi connectivity index (χ0n) is 14.0. The van der Waals surface area contributed by atoms with Crippen molar-refractivity contribution in [3.8, 4) is 0 Å². The second kappa shape index (κ2) is 7.04. The minimum absolute atomic E-state index is 0.0214. The Labute approximate surface area is 154 Å². The van der Waals surface area contributed by atoms with E-state index in [9.17, 15) is 10.1 Å². The molecule has 0 aliphatic carbocycles. The van der Waals surface area contributed by atoms with Crippen molar-refractivity contribution in [3.63, 3.8) is 0 Å². The molecule has 4 aromatic rings. The Morgan fingerprint density at radius 3 is 2.30 bits per heavy atom. The first-order chi connectivity index (χ1) is 13.2. The van der Waals surface area contributed by atoms with E-state index < -0.39 is 4.92 Å².